The van der Waals surface area contributed by atoms with Crippen LogP contribution in [0.1, 0.15) is 28.2 Å². The quantitative estimate of drug-likeness (QED) is 0.298. The van der Waals surface area contributed by atoms with Gasteiger partial charge >= 0.3 is 6.03 Å². The first-order valence-corrected chi connectivity index (χ1v) is 11.6. The number of halogens is 1. The highest BCUT2D eigenvalue weighted by molar-refractivity contribution is 6.30. The second kappa shape index (κ2) is 11.3. The summed E-state index contributed by atoms with van der Waals surface area (Å²) >= 11 is 5.99. The lowest BCUT2D eigenvalue weighted by Crippen LogP contribution is -2.28. The van der Waals surface area contributed by atoms with Gasteiger partial charge < -0.3 is 15.2 Å². The molecule has 2 heterocycles. The van der Waals surface area contributed by atoms with E-state index in [4.69, 9.17) is 11.6 Å². The molecule has 0 spiro atoms. The number of nitrogens with one attached hydrogen (secondary N) is 3. The third kappa shape index (κ3) is 6.70. The van der Waals surface area contributed by atoms with Crippen molar-refractivity contribution in [2.24, 2.45) is 0 Å². The van der Waals surface area contributed by atoms with Crippen molar-refractivity contribution in [2.45, 2.75) is 26.4 Å². The highest BCUT2D eigenvalue weighted by Gasteiger charge is 2.17. The molecule has 4 aromatic rings. The number of amides is 3. The lowest BCUT2D eigenvalue weighted by molar-refractivity contribution is 0.0938. The largest absolute Gasteiger partial charge is 0.349 e. The van der Waals surface area contributed by atoms with Gasteiger partial charge in [-0.3, -0.25) is 14.8 Å². The van der Waals surface area contributed by atoms with Crippen molar-refractivity contribution < 1.29 is 9.59 Å². The smallest absolute Gasteiger partial charge is 0.324 e. The number of urea groups is 1. The van der Waals surface area contributed by atoms with E-state index in [1.54, 1.807) is 35.2 Å². The van der Waals surface area contributed by atoms with Gasteiger partial charge in [0.25, 0.3) is 5.91 Å². The summed E-state index contributed by atoms with van der Waals surface area (Å²) in [6.45, 7) is 3.45. The number of benzene rings is 2. The molecule has 2 aromatic carbocycles. The van der Waals surface area contributed by atoms with Gasteiger partial charge in [0.1, 0.15) is 0 Å². The summed E-state index contributed by atoms with van der Waals surface area (Å²) in [5, 5.41) is 13.1. The van der Waals surface area contributed by atoms with E-state index in [1.807, 2.05) is 54.2 Å². The zero-order valence-corrected chi connectivity index (χ0v) is 20.0. The molecule has 0 fully saturated rings. The molecule has 0 saturated heterocycles. The van der Waals surface area contributed by atoms with Crippen molar-refractivity contribution in [1.29, 1.82) is 0 Å². The first kappa shape index (κ1) is 24.0. The minimum Gasteiger partial charge on any atom is -0.349 e. The van der Waals surface area contributed by atoms with Crippen molar-refractivity contribution in [2.75, 3.05) is 17.2 Å². The molecule has 0 atom stereocenters. The van der Waals surface area contributed by atoms with Crippen molar-refractivity contribution in [3.05, 3.63) is 95.2 Å². The van der Waals surface area contributed by atoms with Gasteiger partial charge in [-0.2, -0.15) is 5.10 Å². The van der Waals surface area contributed by atoms with Crippen LogP contribution in [-0.2, 0) is 13.1 Å². The molecule has 3 N–H and O–H groups in total. The highest BCUT2D eigenvalue weighted by Crippen LogP contribution is 2.20. The van der Waals surface area contributed by atoms with Crippen LogP contribution >= 0.6 is 11.6 Å². The van der Waals surface area contributed by atoms with E-state index in [1.165, 1.54) is 0 Å². The van der Waals surface area contributed by atoms with Gasteiger partial charge in [0, 0.05) is 48.9 Å². The van der Waals surface area contributed by atoms with Crippen LogP contribution in [-0.4, -0.2) is 37.8 Å². The second-order valence-electron chi connectivity index (χ2n) is 7.98. The maximum absolute atomic E-state index is 12.9. The van der Waals surface area contributed by atoms with Crippen LogP contribution in [0.4, 0.5) is 16.3 Å². The Morgan fingerprint density at radius 3 is 2.63 bits per heavy atom. The van der Waals surface area contributed by atoms with Crippen LogP contribution in [0.25, 0.3) is 0 Å². The topological polar surface area (TPSA) is 106 Å². The maximum atomic E-state index is 12.9. The fourth-order valence-corrected chi connectivity index (χ4v) is 3.78. The fourth-order valence-electron chi connectivity index (χ4n) is 3.55. The number of carbonyl (C=O) groups excluding carboxylic acids is 2. The number of hydrogen-bond acceptors (Lipinski definition) is 4. The van der Waals surface area contributed by atoms with Gasteiger partial charge in [-0.15, -0.1) is 0 Å². The Kier molecular flexibility index (Phi) is 7.79. The SMILES string of the molecule is Cc1cc(Cl)ccc1NC(=O)Nc1cn(Cc2ccccc2)c(C(=O)NCCCn2cccn2)n1. The average molecular weight is 492 g/mol. The monoisotopic (exact) mass is 491 g/mol. The lowest BCUT2D eigenvalue weighted by atomic mass is 10.2. The summed E-state index contributed by atoms with van der Waals surface area (Å²) in [4.78, 5) is 29.9. The molecule has 4 rings (SSSR count). The van der Waals surface area contributed by atoms with E-state index >= 15 is 0 Å². The summed E-state index contributed by atoms with van der Waals surface area (Å²) in [5.41, 5.74) is 2.47. The normalized spacial score (nSPS) is 10.7. The summed E-state index contributed by atoms with van der Waals surface area (Å²) in [6, 6.07) is 16.3. The van der Waals surface area contributed by atoms with E-state index in [9.17, 15) is 9.59 Å². The first-order chi connectivity index (χ1) is 17.0. The second-order valence-corrected chi connectivity index (χ2v) is 8.42. The standard InChI is InChI=1S/C25H26ClN7O2/c1-18-15-20(26)9-10-21(18)29-25(35)31-22-17-32(16-19-7-3-2-4-8-19)23(30-22)24(34)27-11-5-13-33-14-6-12-28-33/h2-4,6-10,12,14-15,17H,5,11,13,16H2,1H3,(H,27,34)(H2,29,31,35). The molecule has 0 aliphatic heterocycles. The van der Waals surface area contributed by atoms with Crippen molar-refractivity contribution in [3.63, 3.8) is 0 Å². The number of carbonyl (C=O) groups is 2. The number of rotatable bonds is 9. The highest BCUT2D eigenvalue weighted by atomic mass is 35.5. The van der Waals surface area contributed by atoms with Crippen LogP contribution in [0.3, 0.4) is 0 Å². The molecule has 180 valence electrons. The Labute approximate surface area is 208 Å². The zero-order valence-electron chi connectivity index (χ0n) is 19.2. The molecule has 0 saturated carbocycles. The summed E-state index contributed by atoms with van der Waals surface area (Å²) in [5.74, 6) is 0.168. The van der Waals surface area contributed by atoms with Crippen molar-refractivity contribution >= 4 is 35.0 Å². The fraction of sp³-hybridized carbons (Fsp3) is 0.200. The lowest BCUT2D eigenvalue weighted by Gasteiger charge is -2.08. The third-order valence-electron chi connectivity index (χ3n) is 5.26. The average Bonchev–Trinajstić information content (AvgIpc) is 3.49. The number of aryl methyl sites for hydroxylation is 2. The molecule has 0 radical (unpaired) electrons. The van der Waals surface area contributed by atoms with E-state index in [2.05, 4.69) is 26.0 Å². The maximum Gasteiger partial charge on any atom is 0.324 e. The predicted molar refractivity (Wildman–Crippen MR) is 136 cm³/mol. The number of nitrogens with zero attached hydrogens (tertiary/aromatic N) is 4. The molecule has 0 aliphatic carbocycles. The van der Waals surface area contributed by atoms with E-state index in [0.29, 0.717) is 30.3 Å². The molecular weight excluding hydrogens is 466 g/mol. The Morgan fingerprint density at radius 1 is 1.06 bits per heavy atom. The molecule has 35 heavy (non-hydrogen) atoms. The van der Waals surface area contributed by atoms with Gasteiger partial charge in [0.05, 0.1) is 0 Å². The molecule has 0 bridgehead atoms. The van der Waals surface area contributed by atoms with Crippen LogP contribution in [0.5, 0.6) is 0 Å². The van der Waals surface area contributed by atoms with Gasteiger partial charge in [0.2, 0.25) is 5.82 Å². The summed E-state index contributed by atoms with van der Waals surface area (Å²) < 4.78 is 3.53. The molecule has 2 aromatic heterocycles. The summed E-state index contributed by atoms with van der Waals surface area (Å²) in [7, 11) is 0. The van der Waals surface area contributed by atoms with Gasteiger partial charge in [-0.05, 0) is 48.7 Å². The number of hydrogen-bond donors (Lipinski definition) is 3. The Hall–Kier alpha value is -4.11. The van der Waals surface area contributed by atoms with Crippen molar-refractivity contribution in [1.82, 2.24) is 24.6 Å². The Balaban J connectivity index is 1.44. The molecule has 3 amide bonds. The zero-order chi connectivity index (χ0) is 24.6. The molecule has 9 nitrogen and oxygen atoms in total. The van der Waals surface area contributed by atoms with Crippen LogP contribution in [0.2, 0.25) is 5.02 Å². The number of aromatic nitrogens is 4. The van der Waals surface area contributed by atoms with Gasteiger partial charge in [0.15, 0.2) is 5.82 Å². The Bertz CT molecular complexity index is 1290. The van der Waals surface area contributed by atoms with E-state index < -0.39 is 6.03 Å². The molecular formula is C25H26ClN7O2. The van der Waals surface area contributed by atoms with Gasteiger partial charge in [-0.1, -0.05) is 41.9 Å². The minimum absolute atomic E-state index is 0.214. The third-order valence-corrected chi connectivity index (χ3v) is 5.50. The molecule has 0 unspecified atom stereocenters. The van der Waals surface area contributed by atoms with Crippen LogP contribution in [0.15, 0.2) is 73.2 Å². The molecule has 0 aliphatic rings. The number of anilines is 2. The predicted octanol–water partition coefficient (Wildman–Crippen LogP) is 4.55. The minimum atomic E-state index is -0.467. The van der Waals surface area contributed by atoms with Crippen LogP contribution < -0.4 is 16.0 Å². The van der Waals surface area contributed by atoms with Crippen molar-refractivity contribution in [3.8, 4) is 0 Å². The summed E-state index contributed by atoms with van der Waals surface area (Å²) in [6.07, 6.45) is 5.97. The van der Waals surface area contributed by atoms with E-state index in [-0.39, 0.29) is 17.5 Å². The Morgan fingerprint density at radius 2 is 1.89 bits per heavy atom. The molecule has 10 heteroatoms. The van der Waals surface area contributed by atoms with Crippen LogP contribution in [0, 0.1) is 6.92 Å². The number of imidazole rings is 1. The first-order valence-electron chi connectivity index (χ1n) is 11.2. The van der Waals surface area contributed by atoms with E-state index in [0.717, 1.165) is 17.5 Å². The van der Waals surface area contributed by atoms with Gasteiger partial charge in [-0.25, -0.2) is 9.78 Å².